The van der Waals surface area contributed by atoms with E-state index in [0.717, 1.165) is 18.1 Å². The molecule has 0 bridgehead atoms. The third kappa shape index (κ3) is 3.91. The smallest absolute Gasteiger partial charge is 0.126 e. The summed E-state index contributed by atoms with van der Waals surface area (Å²) >= 11 is 0. The lowest BCUT2D eigenvalue weighted by molar-refractivity contribution is 0.126. The Kier molecular flexibility index (Phi) is 5.16. The van der Waals surface area contributed by atoms with Crippen LogP contribution < -0.4 is 5.32 Å². The molecule has 0 unspecified atom stereocenters. The number of anilines is 1. The van der Waals surface area contributed by atoms with Crippen LogP contribution in [0.4, 0.5) is 5.82 Å². The second-order valence-corrected chi connectivity index (χ2v) is 5.34. The first-order valence-corrected chi connectivity index (χ1v) is 7.29. The number of piperidine rings is 1. The lowest BCUT2D eigenvalue weighted by atomic mass is 10.0. The van der Waals surface area contributed by atoms with Crippen LogP contribution in [0.1, 0.15) is 25.5 Å². The van der Waals surface area contributed by atoms with E-state index in [1.54, 1.807) is 0 Å². The zero-order chi connectivity index (χ0) is 13.7. The molecule has 4 nitrogen and oxygen atoms in total. The topological polar surface area (TPSA) is 31.4 Å². The molecule has 1 saturated heterocycles. The van der Waals surface area contributed by atoms with Gasteiger partial charge in [0.05, 0.1) is 5.69 Å². The minimum absolute atomic E-state index is 0.697. The first-order chi connectivity index (χ1) is 9.22. The lowest BCUT2D eigenvalue weighted by Gasteiger charge is -2.36. The molecule has 1 aromatic heterocycles. The second-order valence-electron chi connectivity index (χ2n) is 5.34. The maximum Gasteiger partial charge on any atom is 0.126 e. The van der Waals surface area contributed by atoms with Gasteiger partial charge in [0.2, 0.25) is 0 Å². The van der Waals surface area contributed by atoms with E-state index in [1.807, 2.05) is 13.1 Å². The monoisotopic (exact) mass is 262 g/mol. The van der Waals surface area contributed by atoms with Crippen molar-refractivity contribution >= 4 is 5.82 Å². The molecule has 2 heterocycles. The number of hydrogen-bond acceptors (Lipinski definition) is 4. The van der Waals surface area contributed by atoms with Gasteiger partial charge in [0.15, 0.2) is 0 Å². The SMILES string of the molecule is CCN1CCC(N(C)Cc2cccc(NC)n2)CC1. The maximum absolute atomic E-state index is 4.59. The standard InChI is InChI=1S/C15H26N4/c1-4-19-10-8-14(9-11-19)18(3)12-13-6-5-7-15(16-2)17-13/h5-7,14H,4,8-12H2,1-3H3,(H,16,17). The molecular formula is C15H26N4. The van der Waals surface area contributed by atoms with Gasteiger partial charge in [-0.1, -0.05) is 13.0 Å². The van der Waals surface area contributed by atoms with Crippen molar-refractivity contribution in [1.29, 1.82) is 0 Å². The highest BCUT2D eigenvalue weighted by Gasteiger charge is 2.21. The Morgan fingerprint density at radius 2 is 2.11 bits per heavy atom. The van der Waals surface area contributed by atoms with Gasteiger partial charge in [0, 0.05) is 19.6 Å². The average Bonchev–Trinajstić information content (AvgIpc) is 2.47. The third-order valence-electron chi connectivity index (χ3n) is 4.10. The van der Waals surface area contributed by atoms with Crippen molar-refractivity contribution in [3.05, 3.63) is 23.9 Å². The molecule has 0 atom stereocenters. The number of hydrogen-bond donors (Lipinski definition) is 1. The molecule has 19 heavy (non-hydrogen) atoms. The zero-order valence-electron chi connectivity index (χ0n) is 12.4. The molecule has 106 valence electrons. The molecule has 0 amide bonds. The van der Waals surface area contributed by atoms with Gasteiger partial charge in [-0.25, -0.2) is 4.98 Å². The molecular weight excluding hydrogens is 236 g/mol. The minimum Gasteiger partial charge on any atom is -0.373 e. The lowest BCUT2D eigenvalue weighted by Crippen LogP contribution is -2.43. The molecule has 1 aliphatic rings. The van der Waals surface area contributed by atoms with Crippen LogP contribution >= 0.6 is 0 Å². The molecule has 1 aromatic rings. The van der Waals surface area contributed by atoms with E-state index >= 15 is 0 Å². The van der Waals surface area contributed by atoms with E-state index in [-0.39, 0.29) is 0 Å². The van der Waals surface area contributed by atoms with Gasteiger partial charge < -0.3 is 10.2 Å². The van der Waals surface area contributed by atoms with Gasteiger partial charge in [-0.3, -0.25) is 4.90 Å². The molecule has 0 aliphatic carbocycles. The summed E-state index contributed by atoms with van der Waals surface area (Å²) in [7, 11) is 4.14. The summed E-state index contributed by atoms with van der Waals surface area (Å²) in [6.07, 6.45) is 2.55. The quantitative estimate of drug-likeness (QED) is 0.880. The van der Waals surface area contributed by atoms with Crippen LogP contribution in [0.2, 0.25) is 0 Å². The zero-order valence-corrected chi connectivity index (χ0v) is 12.4. The first kappa shape index (κ1) is 14.3. The summed E-state index contributed by atoms with van der Waals surface area (Å²) in [4.78, 5) is 9.58. The summed E-state index contributed by atoms with van der Waals surface area (Å²) in [5.74, 6) is 0.951. The van der Waals surface area contributed by atoms with Crippen molar-refractivity contribution in [2.24, 2.45) is 0 Å². The minimum atomic E-state index is 0.697. The Bertz CT molecular complexity index is 385. The highest BCUT2D eigenvalue weighted by atomic mass is 15.2. The highest BCUT2D eigenvalue weighted by molar-refractivity contribution is 5.34. The Morgan fingerprint density at radius 1 is 1.37 bits per heavy atom. The van der Waals surface area contributed by atoms with Crippen molar-refractivity contribution in [3.63, 3.8) is 0 Å². The van der Waals surface area contributed by atoms with Crippen LogP contribution in [0.25, 0.3) is 0 Å². The summed E-state index contributed by atoms with van der Waals surface area (Å²) in [5, 5.41) is 3.10. The summed E-state index contributed by atoms with van der Waals surface area (Å²) in [5.41, 5.74) is 1.15. The Morgan fingerprint density at radius 3 is 2.74 bits per heavy atom. The molecule has 1 fully saturated rings. The van der Waals surface area contributed by atoms with E-state index in [0.29, 0.717) is 6.04 Å². The fraction of sp³-hybridized carbons (Fsp3) is 0.667. The van der Waals surface area contributed by atoms with Crippen molar-refractivity contribution in [2.75, 3.05) is 39.0 Å². The number of pyridine rings is 1. The molecule has 4 heteroatoms. The van der Waals surface area contributed by atoms with Gasteiger partial charge in [-0.05, 0) is 51.7 Å². The molecule has 2 rings (SSSR count). The van der Waals surface area contributed by atoms with Gasteiger partial charge >= 0.3 is 0 Å². The van der Waals surface area contributed by atoms with E-state index < -0.39 is 0 Å². The molecule has 0 spiro atoms. The Hall–Kier alpha value is -1.13. The van der Waals surface area contributed by atoms with Crippen LogP contribution in [0.15, 0.2) is 18.2 Å². The number of aromatic nitrogens is 1. The van der Waals surface area contributed by atoms with E-state index in [9.17, 15) is 0 Å². The van der Waals surface area contributed by atoms with Gasteiger partial charge in [0.25, 0.3) is 0 Å². The molecule has 0 radical (unpaired) electrons. The molecule has 0 aromatic carbocycles. The maximum atomic E-state index is 4.59. The summed E-state index contributed by atoms with van der Waals surface area (Å²) in [6, 6.07) is 6.88. The van der Waals surface area contributed by atoms with Crippen molar-refractivity contribution in [1.82, 2.24) is 14.8 Å². The Balaban J connectivity index is 1.88. The first-order valence-electron chi connectivity index (χ1n) is 7.29. The van der Waals surface area contributed by atoms with Crippen LogP contribution in [-0.2, 0) is 6.54 Å². The van der Waals surface area contributed by atoms with E-state index in [2.05, 4.69) is 46.2 Å². The van der Waals surface area contributed by atoms with Crippen LogP contribution in [0, 0.1) is 0 Å². The Labute approximate surface area is 116 Å². The normalized spacial score (nSPS) is 17.9. The predicted octanol–water partition coefficient (Wildman–Crippen LogP) is 2.04. The second kappa shape index (κ2) is 6.87. The van der Waals surface area contributed by atoms with Crippen molar-refractivity contribution < 1.29 is 0 Å². The largest absolute Gasteiger partial charge is 0.373 e. The number of rotatable bonds is 5. The highest BCUT2D eigenvalue weighted by Crippen LogP contribution is 2.17. The van der Waals surface area contributed by atoms with E-state index in [1.165, 1.54) is 32.5 Å². The molecule has 0 saturated carbocycles. The average molecular weight is 262 g/mol. The van der Waals surface area contributed by atoms with Gasteiger partial charge in [-0.15, -0.1) is 0 Å². The van der Waals surface area contributed by atoms with Crippen LogP contribution in [-0.4, -0.2) is 54.6 Å². The molecule has 1 N–H and O–H groups in total. The van der Waals surface area contributed by atoms with Crippen LogP contribution in [0.5, 0.6) is 0 Å². The third-order valence-corrected chi connectivity index (χ3v) is 4.10. The number of nitrogens with one attached hydrogen (secondary N) is 1. The van der Waals surface area contributed by atoms with Gasteiger partial charge in [0.1, 0.15) is 5.82 Å². The number of nitrogens with zero attached hydrogens (tertiary/aromatic N) is 3. The van der Waals surface area contributed by atoms with Crippen molar-refractivity contribution in [3.8, 4) is 0 Å². The fourth-order valence-corrected chi connectivity index (χ4v) is 2.77. The van der Waals surface area contributed by atoms with Gasteiger partial charge in [-0.2, -0.15) is 0 Å². The molecule has 1 aliphatic heterocycles. The van der Waals surface area contributed by atoms with Crippen LogP contribution in [0.3, 0.4) is 0 Å². The summed E-state index contributed by atoms with van der Waals surface area (Å²) < 4.78 is 0. The number of likely N-dealkylation sites (tertiary alicyclic amines) is 1. The van der Waals surface area contributed by atoms with Crippen molar-refractivity contribution in [2.45, 2.75) is 32.4 Å². The summed E-state index contributed by atoms with van der Waals surface area (Å²) in [6.45, 7) is 6.83. The fourth-order valence-electron chi connectivity index (χ4n) is 2.77. The van der Waals surface area contributed by atoms with E-state index in [4.69, 9.17) is 0 Å². The predicted molar refractivity (Wildman–Crippen MR) is 80.4 cm³/mol.